The molecule has 2 rings (SSSR count). The Balaban J connectivity index is 2.05. The lowest BCUT2D eigenvalue weighted by Crippen LogP contribution is -2.34. The molecular formula is C13H12BrClN2O3S2. The van der Waals surface area contributed by atoms with Gasteiger partial charge < -0.3 is 5.32 Å². The van der Waals surface area contributed by atoms with E-state index in [-0.39, 0.29) is 10.8 Å². The first-order chi connectivity index (χ1) is 10.3. The number of hydrogen-bond donors (Lipinski definition) is 1. The van der Waals surface area contributed by atoms with Gasteiger partial charge in [0.15, 0.2) is 0 Å². The monoisotopic (exact) mass is 422 g/mol. The van der Waals surface area contributed by atoms with Crippen LogP contribution in [0, 0.1) is 0 Å². The third-order valence-electron chi connectivity index (χ3n) is 2.69. The molecule has 0 aliphatic carbocycles. The average Bonchev–Trinajstić information content (AvgIpc) is 2.85. The van der Waals surface area contributed by atoms with E-state index in [1.807, 2.05) is 0 Å². The summed E-state index contributed by atoms with van der Waals surface area (Å²) in [5.41, 5.74) is 0.516. The Hall–Kier alpha value is -0.930. The lowest BCUT2D eigenvalue weighted by atomic mass is 10.3. The molecule has 1 N–H and O–H groups in total. The molecule has 1 aromatic heterocycles. The molecule has 0 saturated heterocycles. The first kappa shape index (κ1) is 17.4. The number of hydrogen-bond acceptors (Lipinski definition) is 4. The minimum absolute atomic E-state index is 0.178. The molecule has 0 fully saturated rings. The van der Waals surface area contributed by atoms with Gasteiger partial charge in [-0.2, -0.15) is 4.31 Å². The molecule has 0 atom stereocenters. The van der Waals surface area contributed by atoms with Crippen molar-refractivity contribution in [3.05, 3.63) is 45.2 Å². The van der Waals surface area contributed by atoms with Crippen molar-refractivity contribution >= 4 is 60.5 Å². The normalized spacial score (nSPS) is 11.6. The van der Waals surface area contributed by atoms with Crippen molar-refractivity contribution in [3.8, 4) is 0 Å². The first-order valence-corrected chi connectivity index (χ1v) is 9.49. The maximum Gasteiger partial charge on any atom is 0.252 e. The summed E-state index contributed by atoms with van der Waals surface area (Å²) in [4.78, 5) is 12.0. The summed E-state index contributed by atoms with van der Waals surface area (Å²) in [6.45, 7) is -0.287. The zero-order valence-electron chi connectivity index (χ0n) is 11.4. The molecule has 22 heavy (non-hydrogen) atoms. The number of nitrogens with one attached hydrogen (secondary N) is 1. The van der Waals surface area contributed by atoms with Crippen LogP contribution in [-0.4, -0.2) is 32.2 Å². The molecule has 9 heteroatoms. The zero-order chi connectivity index (χ0) is 16.3. The van der Waals surface area contributed by atoms with E-state index in [1.165, 1.54) is 13.1 Å². The lowest BCUT2D eigenvalue weighted by molar-refractivity contribution is -0.116. The Morgan fingerprint density at radius 1 is 1.36 bits per heavy atom. The third kappa shape index (κ3) is 4.30. The van der Waals surface area contributed by atoms with Crippen LogP contribution >= 0.6 is 38.9 Å². The molecule has 2 aromatic rings. The number of anilines is 1. The standard InChI is InChI=1S/C13H12BrClN2O3S2/c1-17(22(19,20)13-6-5-11(14)21-13)8-12(18)16-10-4-2-3-9(15)7-10/h2-7H,8H2,1H3,(H,16,18). The van der Waals surface area contributed by atoms with Gasteiger partial charge in [0.2, 0.25) is 5.91 Å². The van der Waals surface area contributed by atoms with Crippen LogP contribution in [0.25, 0.3) is 0 Å². The number of thiophene rings is 1. The second-order valence-electron chi connectivity index (χ2n) is 4.38. The van der Waals surface area contributed by atoms with Gasteiger partial charge in [-0.05, 0) is 46.3 Å². The van der Waals surface area contributed by atoms with Gasteiger partial charge in [-0.15, -0.1) is 11.3 Å². The fraction of sp³-hybridized carbons (Fsp3) is 0.154. The molecule has 1 heterocycles. The van der Waals surface area contributed by atoms with Crippen molar-refractivity contribution in [1.29, 1.82) is 0 Å². The molecular weight excluding hydrogens is 412 g/mol. The van der Waals surface area contributed by atoms with Crippen molar-refractivity contribution < 1.29 is 13.2 Å². The lowest BCUT2D eigenvalue weighted by Gasteiger charge is -2.15. The number of rotatable bonds is 5. The van der Waals surface area contributed by atoms with E-state index in [0.717, 1.165) is 15.6 Å². The smallest absolute Gasteiger partial charge is 0.252 e. The highest BCUT2D eigenvalue weighted by atomic mass is 79.9. The fourth-order valence-electron chi connectivity index (χ4n) is 1.64. The van der Waals surface area contributed by atoms with Crippen molar-refractivity contribution in [3.63, 3.8) is 0 Å². The molecule has 118 valence electrons. The largest absolute Gasteiger partial charge is 0.325 e. The second-order valence-corrected chi connectivity index (χ2v) is 9.55. The van der Waals surface area contributed by atoms with Crippen LogP contribution in [0.2, 0.25) is 5.02 Å². The van der Waals surface area contributed by atoms with Crippen molar-refractivity contribution in [1.82, 2.24) is 4.31 Å². The van der Waals surface area contributed by atoms with E-state index in [4.69, 9.17) is 11.6 Å². The Bertz CT molecular complexity index is 792. The van der Waals surface area contributed by atoms with Crippen molar-refractivity contribution in [2.45, 2.75) is 4.21 Å². The predicted octanol–water partition coefficient (Wildman–Crippen LogP) is 3.42. The van der Waals surface area contributed by atoms with Gasteiger partial charge in [-0.3, -0.25) is 4.79 Å². The van der Waals surface area contributed by atoms with Gasteiger partial charge >= 0.3 is 0 Å². The van der Waals surface area contributed by atoms with Crippen LogP contribution in [0.1, 0.15) is 0 Å². The summed E-state index contributed by atoms with van der Waals surface area (Å²) in [5.74, 6) is -0.441. The summed E-state index contributed by atoms with van der Waals surface area (Å²) in [6, 6.07) is 9.79. The summed E-state index contributed by atoms with van der Waals surface area (Å²) in [7, 11) is -2.32. The van der Waals surface area contributed by atoms with E-state index < -0.39 is 15.9 Å². The van der Waals surface area contributed by atoms with Gasteiger partial charge in [0.05, 0.1) is 10.3 Å². The molecule has 0 bridgehead atoms. The predicted molar refractivity (Wildman–Crippen MR) is 91.9 cm³/mol. The minimum atomic E-state index is -3.68. The molecule has 0 radical (unpaired) electrons. The van der Waals surface area contributed by atoms with Gasteiger partial charge in [0.1, 0.15) is 4.21 Å². The summed E-state index contributed by atoms with van der Waals surface area (Å²) in [5, 5.41) is 3.10. The number of benzene rings is 1. The number of likely N-dealkylation sites (N-methyl/N-ethyl adjacent to an activating group) is 1. The van der Waals surface area contributed by atoms with Crippen molar-refractivity contribution in [2.75, 3.05) is 18.9 Å². The number of carbonyl (C=O) groups excluding carboxylic acids is 1. The quantitative estimate of drug-likeness (QED) is 0.801. The Labute approximate surface area is 146 Å². The topological polar surface area (TPSA) is 66.5 Å². The molecule has 0 aliphatic heterocycles. The van der Waals surface area contributed by atoms with Gasteiger partial charge in [0.25, 0.3) is 10.0 Å². The fourth-order valence-corrected chi connectivity index (χ4v) is 5.18. The highest BCUT2D eigenvalue weighted by Gasteiger charge is 2.24. The summed E-state index contributed by atoms with van der Waals surface area (Å²) < 4.78 is 26.5. The number of sulfonamides is 1. The van der Waals surface area contributed by atoms with E-state index >= 15 is 0 Å². The molecule has 1 aromatic carbocycles. The molecule has 0 aliphatic rings. The minimum Gasteiger partial charge on any atom is -0.325 e. The van der Waals surface area contributed by atoms with E-state index in [0.29, 0.717) is 14.5 Å². The van der Waals surface area contributed by atoms with E-state index in [2.05, 4.69) is 21.2 Å². The highest BCUT2D eigenvalue weighted by molar-refractivity contribution is 9.11. The summed E-state index contributed by atoms with van der Waals surface area (Å²) >= 11 is 10.1. The van der Waals surface area contributed by atoms with E-state index in [1.54, 1.807) is 30.3 Å². The molecule has 1 amide bonds. The average molecular weight is 424 g/mol. The summed E-state index contributed by atoms with van der Waals surface area (Å²) in [6.07, 6.45) is 0. The van der Waals surface area contributed by atoms with Crippen LogP contribution in [0.4, 0.5) is 5.69 Å². The van der Waals surface area contributed by atoms with Gasteiger partial charge in [0, 0.05) is 17.8 Å². The third-order valence-corrected chi connectivity index (χ3v) is 6.82. The van der Waals surface area contributed by atoms with Crippen LogP contribution in [0.5, 0.6) is 0 Å². The maximum atomic E-state index is 12.3. The number of carbonyl (C=O) groups is 1. The number of halogens is 2. The van der Waals surface area contributed by atoms with Gasteiger partial charge in [-0.1, -0.05) is 17.7 Å². The number of amides is 1. The van der Waals surface area contributed by atoms with Crippen LogP contribution in [-0.2, 0) is 14.8 Å². The van der Waals surface area contributed by atoms with Crippen LogP contribution in [0.15, 0.2) is 44.4 Å². The Morgan fingerprint density at radius 3 is 2.68 bits per heavy atom. The number of nitrogens with zero attached hydrogens (tertiary/aromatic N) is 1. The molecule has 0 unspecified atom stereocenters. The van der Waals surface area contributed by atoms with Gasteiger partial charge in [-0.25, -0.2) is 8.42 Å². The maximum absolute atomic E-state index is 12.3. The Morgan fingerprint density at radius 2 is 2.09 bits per heavy atom. The second kappa shape index (κ2) is 7.10. The first-order valence-electron chi connectivity index (χ1n) is 6.06. The van der Waals surface area contributed by atoms with E-state index in [9.17, 15) is 13.2 Å². The zero-order valence-corrected chi connectivity index (χ0v) is 15.4. The highest BCUT2D eigenvalue weighted by Crippen LogP contribution is 2.27. The molecule has 0 spiro atoms. The van der Waals surface area contributed by atoms with Crippen molar-refractivity contribution in [2.24, 2.45) is 0 Å². The van der Waals surface area contributed by atoms with Crippen LogP contribution < -0.4 is 5.32 Å². The molecule has 0 saturated carbocycles. The van der Waals surface area contributed by atoms with Crippen LogP contribution in [0.3, 0.4) is 0 Å². The molecule has 5 nitrogen and oxygen atoms in total. The SMILES string of the molecule is CN(CC(=O)Nc1cccc(Cl)c1)S(=O)(=O)c1ccc(Br)s1. The Kier molecular flexibility index (Phi) is 5.62.